The number of oxime groups is 1. The molecule has 0 fully saturated rings. The minimum absolute atomic E-state index is 0.201. The maximum absolute atomic E-state index is 12.1. The fourth-order valence-electron chi connectivity index (χ4n) is 2.27. The highest BCUT2D eigenvalue weighted by molar-refractivity contribution is 6.04. The summed E-state index contributed by atoms with van der Waals surface area (Å²) in [7, 11) is 1.53. The normalized spacial score (nSPS) is 11.0. The van der Waals surface area contributed by atoms with Crippen LogP contribution in [0.4, 0.5) is 5.69 Å². The van der Waals surface area contributed by atoms with Crippen molar-refractivity contribution in [2.75, 3.05) is 19.0 Å². The Hall–Kier alpha value is -3.35. The van der Waals surface area contributed by atoms with E-state index in [0.29, 0.717) is 22.7 Å². The van der Waals surface area contributed by atoms with Crippen LogP contribution in [0, 0.1) is 6.92 Å². The van der Waals surface area contributed by atoms with Crippen LogP contribution in [0.5, 0.6) is 5.75 Å². The van der Waals surface area contributed by atoms with E-state index in [1.54, 1.807) is 43.3 Å². The van der Waals surface area contributed by atoms with E-state index in [9.17, 15) is 9.59 Å². The summed E-state index contributed by atoms with van der Waals surface area (Å²) >= 11 is 0. The molecule has 136 valence electrons. The van der Waals surface area contributed by atoms with Crippen molar-refractivity contribution in [3.63, 3.8) is 0 Å². The SMILES string of the molecule is CNC(=O)c1cc(C)ccc1NC(=O)COc1ccc(/C(C)=N/O)cc1. The lowest BCUT2D eigenvalue weighted by molar-refractivity contribution is -0.118. The third-order valence-corrected chi connectivity index (χ3v) is 3.71. The molecule has 0 atom stereocenters. The molecule has 7 nitrogen and oxygen atoms in total. The average Bonchev–Trinajstić information content (AvgIpc) is 2.66. The first-order valence-electron chi connectivity index (χ1n) is 7.99. The number of nitrogens with one attached hydrogen (secondary N) is 2. The van der Waals surface area contributed by atoms with E-state index in [4.69, 9.17) is 9.94 Å². The Morgan fingerprint density at radius 3 is 2.46 bits per heavy atom. The number of nitrogens with zero attached hydrogens (tertiary/aromatic N) is 1. The average molecular weight is 355 g/mol. The van der Waals surface area contributed by atoms with Crippen molar-refractivity contribution in [2.45, 2.75) is 13.8 Å². The summed E-state index contributed by atoms with van der Waals surface area (Å²) in [6.45, 7) is 3.34. The summed E-state index contributed by atoms with van der Waals surface area (Å²) in [4.78, 5) is 24.1. The summed E-state index contributed by atoms with van der Waals surface area (Å²) in [5.74, 6) is -0.150. The highest BCUT2D eigenvalue weighted by atomic mass is 16.5. The van der Waals surface area contributed by atoms with Crippen molar-refractivity contribution in [2.24, 2.45) is 5.16 Å². The molecule has 7 heteroatoms. The molecule has 0 saturated carbocycles. The lowest BCUT2D eigenvalue weighted by Gasteiger charge is -2.12. The minimum atomic E-state index is -0.379. The molecule has 26 heavy (non-hydrogen) atoms. The molecule has 2 amide bonds. The molecule has 0 aliphatic rings. The second kappa shape index (κ2) is 8.66. The molecule has 0 unspecified atom stereocenters. The highest BCUT2D eigenvalue weighted by Gasteiger charge is 2.13. The second-order valence-corrected chi connectivity index (χ2v) is 5.67. The van der Waals surface area contributed by atoms with Gasteiger partial charge in [-0.3, -0.25) is 9.59 Å². The van der Waals surface area contributed by atoms with Gasteiger partial charge in [-0.2, -0.15) is 0 Å². The van der Waals surface area contributed by atoms with Crippen LogP contribution in [0.15, 0.2) is 47.6 Å². The molecular formula is C19H21N3O4. The van der Waals surface area contributed by atoms with Crippen molar-refractivity contribution in [3.8, 4) is 5.75 Å². The zero-order valence-corrected chi connectivity index (χ0v) is 14.9. The Morgan fingerprint density at radius 1 is 1.15 bits per heavy atom. The quantitative estimate of drug-likeness (QED) is 0.421. The van der Waals surface area contributed by atoms with Crippen molar-refractivity contribution < 1.29 is 19.5 Å². The molecule has 0 aromatic heterocycles. The number of anilines is 1. The van der Waals surface area contributed by atoms with Crippen LogP contribution in [0.1, 0.15) is 28.4 Å². The van der Waals surface area contributed by atoms with Gasteiger partial charge in [0.1, 0.15) is 5.75 Å². The number of amides is 2. The van der Waals surface area contributed by atoms with Crippen LogP contribution < -0.4 is 15.4 Å². The van der Waals surface area contributed by atoms with Gasteiger partial charge in [-0.05, 0) is 55.8 Å². The Balaban J connectivity index is 2.00. The Labute approximate surface area is 151 Å². The third kappa shape index (κ3) is 4.83. The van der Waals surface area contributed by atoms with Gasteiger partial charge in [-0.15, -0.1) is 0 Å². The molecule has 0 heterocycles. The number of carbonyl (C=O) groups is 2. The molecule has 0 radical (unpaired) electrons. The number of aryl methyl sites for hydroxylation is 1. The standard InChI is InChI=1S/C19H21N3O4/c1-12-4-9-17(16(10-12)19(24)20-3)21-18(23)11-26-15-7-5-14(6-8-15)13(2)22-25/h4-10,25H,11H2,1-3H3,(H,20,24)(H,21,23)/b22-13+. The van der Waals surface area contributed by atoms with Crippen LogP contribution in [-0.4, -0.2) is 36.4 Å². The van der Waals surface area contributed by atoms with E-state index < -0.39 is 0 Å². The number of hydrogen-bond donors (Lipinski definition) is 3. The van der Waals surface area contributed by atoms with E-state index >= 15 is 0 Å². The summed E-state index contributed by atoms with van der Waals surface area (Å²) in [5, 5.41) is 17.1. The first-order chi connectivity index (χ1) is 12.4. The van der Waals surface area contributed by atoms with Gasteiger partial charge in [0, 0.05) is 7.05 Å². The monoisotopic (exact) mass is 355 g/mol. The molecule has 2 rings (SSSR count). The smallest absolute Gasteiger partial charge is 0.262 e. The van der Waals surface area contributed by atoms with Crippen molar-refractivity contribution in [1.29, 1.82) is 0 Å². The van der Waals surface area contributed by atoms with Gasteiger partial charge in [-0.25, -0.2) is 0 Å². The topological polar surface area (TPSA) is 100 Å². The zero-order valence-electron chi connectivity index (χ0n) is 14.9. The van der Waals surface area contributed by atoms with Gasteiger partial charge < -0.3 is 20.6 Å². The van der Waals surface area contributed by atoms with Crippen LogP contribution in [-0.2, 0) is 4.79 Å². The Kier molecular flexibility index (Phi) is 6.32. The molecule has 0 spiro atoms. The minimum Gasteiger partial charge on any atom is -0.484 e. The molecule has 0 aliphatic heterocycles. The summed E-state index contributed by atoms with van der Waals surface area (Å²) in [5.41, 5.74) is 2.96. The van der Waals surface area contributed by atoms with Crippen molar-refractivity contribution >= 4 is 23.2 Å². The molecule has 0 aliphatic carbocycles. The van der Waals surface area contributed by atoms with E-state index in [1.807, 2.05) is 13.0 Å². The number of rotatable bonds is 6. The van der Waals surface area contributed by atoms with E-state index in [-0.39, 0.29) is 18.4 Å². The van der Waals surface area contributed by atoms with E-state index in [2.05, 4.69) is 15.8 Å². The fraction of sp³-hybridized carbons (Fsp3) is 0.211. The van der Waals surface area contributed by atoms with Crippen LogP contribution in [0.2, 0.25) is 0 Å². The maximum atomic E-state index is 12.1. The van der Waals surface area contributed by atoms with Crippen LogP contribution in [0.25, 0.3) is 0 Å². The molecule has 2 aromatic carbocycles. The summed E-state index contributed by atoms with van der Waals surface area (Å²) in [6, 6.07) is 12.0. The predicted octanol–water partition coefficient (Wildman–Crippen LogP) is 2.57. The van der Waals surface area contributed by atoms with Gasteiger partial charge in [0.05, 0.1) is 17.0 Å². The zero-order chi connectivity index (χ0) is 19.1. The highest BCUT2D eigenvalue weighted by Crippen LogP contribution is 2.18. The van der Waals surface area contributed by atoms with Gasteiger partial charge in [0.15, 0.2) is 6.61 Å². The van der Waals surface area contributed by atoms with Crippen LogP contribution >= 0.6 is 0 Å². The molecule has 0 saturated heterocycles. The maximum Gasteiger partial charge on any atom is 0.262 e. The Morgan fingerprint density at radius 2 is 1.85 bits per heavy atom. The number of carbonyl (C=O) groups excluding carboxylic acids is 2. The number of benzene rings is 2. The number of hydrogen-bond acceptors (Lipinski definition) is 5. The van der Waals surface area contributed by atoms with Gasteiger partial charge in [0.2, 0.25) is 0 Å². The molecular weight excluding hydrogens is 334 g/mol. The van der Waals surface area contributed by atoms with Crippen molar-refractivity contribution in [1.82, 2.24) is 5.32 Å². The third-order valence-electron chi connectivity index (χ3n) is 3.71. The largest absolute Gasteiger partial charge is 0.484 e. The van der Waals surface area contributed by atoms with Gasteiger partial charge in [-0.1, -0.05) is 16.8 Å². The second-order valence-electron chi connectivity index (χ2n) is 5.67. The summed E-state index contributed by atoms with van der Waals surface area (Å²) < 4.78 is 5.44. The van der Waals surface area contributed by atoms with E-state index in [0.717, 1.165) is 11.1 Å². The van der Waals surface area contributed by atoms with Gasteiger partial charge in [0.25, 0.3) is 11.8 Å². The number of ether oxygens (including phenoxy) is 1. The van der Waals surface area contributed by atoms with Gasteiger partial charge >= 0.3 is 0 Å². The fourth-order valence-corrected chi connectivity index (χ4v) is 2.27. The van der Waals surface area contributed by atoms with Crippen molar-refractivity contribution in [3.05, 3.63) is 59.2 Å². The Bertz CT molecular complexity index is 829. The van der Waals surface area contributed by atoms with E-state index in [1.165, 1.54) is 7.05 Å². The van der Waals surface area contributed by atoms with Crippen LogP contribution in [0.3, 0.4) is 0 Å². The first-order valence-corrected chi connectivity index (χ1v) is 7.99. The predicted molar refractivity (Wildman–Crippen MR) is 99.1 cm³/mol. The first kappa shape index (κ1) is 19.0. The molecule has 2 aromatic rings. The summed E-state index contributed by atoms with van der Waals surface area (Å²) in [6.07, 6.45) is 0. The molecule has 3 N–H and O–H groups in total. The lowest BCUT2D eigenvalue weighted by Crippen LogP contribution is -2.24. The molecule has 0 bridgehead atoms. The lowest BCUT2D eigenvalue weighted by atomic mass is 10.1.